The van der Waals surface area contributed by atoms with Crippen LogP contribution in [0.15, 0.2) is 18.7 Å². The number of hydrogen-bond acceptors (Lipinski definition) is 7. The molecule has 2 atom stereocenters. The average Bonchev–Trinajstić information content (AvgIpc) is 3.20. The molecule has 0 aromatic carbocycles. The minimum atomic E-state index is -4.57. The van der Waals surface area contributed by atoms with Crippen LogP contribution in [0.4, 0.5) is 19.1 Å². The van der Waals surface area contributed by atoms with E-state index in [2.05, 4.69) is 20.2 Å². The molecule has 0 amide bonds. The Balaban J connectivity index is 2.08. The second-order valence-electron chi connectivity index (χ2n) is 5.73. The first-order valence-electron chi connectivity index (χ1n) is 8.11. The third-order valence-electron chi connectivity index (χ3n) is 3.77. The summed E-state index contributed by atoms with van der Waals surface area (Å²) < 4.78 is 52.4. The van der Waals surface area contributed by atoms with Gasteiger partial charge < -0.3 is 15.2 Å². The molecule has 0 aliphatic rings. The maximum atomic E-state index is 13.0. The summed E-state index contributed by atoms with van der Waals surface area (Å²) in [6.07, 6.45) is -2.65. The van der Waals surface area contributed by atoms with Crippen LogP contribution in [0.25, 0.3) is 16.9 Å². The summed E-state index contributed by atoms with van der Waals surface area (Å²) in [6.45, 7) is 5.01. The number of hydrogen-bond donors (Lipinski definition) is 1. The van der Waals surface area contributed by atoms with E-state index in [4.69, 9.17) is 15.2 Å². The molecule has 0 aliphatic carbocycles. The number of anilines is 1. The Bertz CT molecular complexity index is 937. The van der Waals surface area contributed by atoms with Gasteiger partial charge >= 0.3 is 6.18 Å². The monoisotopic (exact) mass is 385 g/mol. The zero-order chi connectivity index (χ0) is 19.8. The van der Waals surface area contributed by atoms with Gasteiger partial charge in [0.25, 0.3) is 0 Å². The highest BCUT2D eigenvalue weighted by Gasteiger charge is 2.39. The summed E-state index contributed by atoms with van der Waals surface area (Å²) in [4.78, 5) is 8.11. The SMILES string of the molecule is CCOC(C)n1cc(-c2ncn3nc(N)nc3c2OC(C)C(F)(F)F)cn1. The minimum absolute atomic E-state index is 0.0270. The maximum absolute atomic E-state index is 13.0. The van der Waals surface area contributed by atoms with E-state index in [1.54, 1.807) is 13.1 Å². The van der Waals surface area contributed by atoms with Crippen molar-refractivity contribution in [3.63, 3.8) is 0 Å². The van der Waals surface area contributed by atoms with E-state index in [1.165, 1.54) is 17.2 Å². The molecule has 146 valence electrons. The van der Waals surface area contributed by atoms with Crippen LogP contribution in [0.5, 0.6) is 5.75 Å². The molecule has 0 saturated carbocycles. The lowest BCUT2D eigenvalue weighted by molar-refractivity contribution is -0.189. The second kappa shape index (κ2) is 7.02. The molecule has 0 fully saturated rings. The molecular formula is C15H18F3N7O2. The highest BCUT2D eigenvalue weighted by atomic mass is 19.4. The van der Waals surface area contributed by atoms with Crippen LogP contribution in [0, 0.1) is 0 Å². The lowest BCUT2D eigenvalue weighted by atomic mass is 10.2. The van der Waals surface area contributed by atoms with Crippen LogP contribution in [0.3, 0.4) is 0 Å². The van der Waals surface area contributed by atoms with Crippen molar-refractivity contribution < 1.29 is 22.6 Å². The number of ether oxygens (including phenoxy) is 2. The fourth-order valence-corrected chi connectivity index (χ4v) is 2.39. The Labute approximate surface area is 151 Å². The molecule has 27 heavy (non-hydrogen) atoms. The van der Waals surface area contributed by atoms with Gasteiger partial charge in [-0.1, -0.05) is 0 Å². The van der Waals surface area contributed by atoms with Crippen LogP contribution >= 0.6 is 0 Å². The number of nitrogens with zero attached hydrogens (tertiary/aromatic N) is 6. The van der Waals surface area contributed by atoms with Gasteiger partial charge in [0.15, 0.2) is 11.9 Å². The van der Waals surface area contributed by atoms with Gasteiger partial charge in [0.2, 0.25) is 11.6 Å². The Morgan fingerprint density at radius 2 is 2.04 bits per heavy atom. The Kier molecular flexibility index (Phi) is 4.91. The van der Waals surface area contributed by atoms with Crippen molar-refractivity contribution in [3.05, 3.63) is 18.7 Å². The first-order valence-corrected chi connectivity index (χ1v) is 8.11. The quantitative estimate of drug-likeness (QED) is 0.695. The number of nitrogen functional groups attached to an aromatic ring is 1. The van der Waals surface area contributed by atoms with Crippen molar-refractivity contribution in [1.29, 1.82) is 0 Å². The average molecular weight is 385 g/mol. The molecule has 0 saturated heterocycles. The highest BCUT2D eigenvalue weighted by Crippen LogP contribution is 2.34. The third-order valence-corrected chi connectivity index (χ3v) is 3.77. The van der Waals surface area contributed by atoms with E-state index in [1.807, 2.05) is 6.92 Å². The van der Waals surface area contributed by atoms with Crippen molar-refractivity contribution >= 4 is 11.6 Å². The molecule has 3 aromatic rings. The Hall–Kier alpha value is -2.89. The van der Waals surface area contributed by atoms with Gasteiger partial charge in [-0.15, -0.1) is 5.10 Å². The molecular weight excluding hydrogens is 367 g/mol. The third kappa shape index (κ3) is 3.79. The summed E-state index contributed by atoms with van der Waals surface area (Å²) >= 11 is 0. The van der Waals surface area contributed by atoms with E-state index >= 15 is 0 Å². The molecule has 0 aliphatic heterocycles. The van der Waals surface area contributed by atoms with E-state index in [0.29, 0.717) is 12.2 Å². The largest absolute Gasteiger partial charge is 0.475 e. The van der Waals surface area contributed by atoms with Crippen LogP contribution in [0.1, 0.15) is 27.0 Å². The van der Waals surface area contributed by atoms with Crippen LogP contribution in [-0.2, 0) is 4.74 Å². The second-order valence-corrected chi connectivity index (χ2v) is 5.73. The minimum Gasteiger partial charge on any atom is -0.475 e. The maximum Gasteiger partial charge on any atom is 0.425 e. The van der Waals surface area contributed by atoms with Crippen LogP contribution < -0.4 is 10.5 Å². The van der Waals surface area contributed by atoms with Crippen LogP contribution in [0.2, 0.25) is 0 Å². The zero-order valence-electron chi connectivity index (χ0n) is 14.8. The number of fused-ring (bicyclic) bond motifs is 1. The standard InChI is InChI=1S/C15H18F3N7O2/c1-4-26-9(3)24-6-10(5-21-24)11-12(27-8(2)15(16,17)18)13-22-14(19)23-25(13)7-20-11/h5-9H,4H2,1-3H3,(H2,19,23). The number of halogens is 3. The van der Waals surface area contributed by atoms with Gasteiger partial charge in [0.1, 0.15) is 18.2 Å². The van der Waals surface area contributed by atoms with Gasteiger partial charge in [-0.3, -0.25) is 0 Å². The van der Waals surface area contributed by atoms with Crippen molar-refractivity contribution in [2.75, 3.05) is 12.3 Å². The van der Waals surface area contributed by atoms with Crippen LogP contribution in [-0.4, -0.2) is 48.2 Å². The number of nitrogens with two attached hydrogens (primary N) is 1. The van der Waals surface area contributed by atoms with E-state index in [-0.39, 0.29) is 29.3 Å². The van der Waals surface area contributed by atoms with Gasteiger partial charge in [0, 0.05) is 18.4 Å². The first kappa shape index (κ1) is 18.9. The molecule has 3 aromatic heterocycles. The lowest BCUT2D eigenvalue weighted by Gasteiger charge is -2.19. The molecule has 12 heteroatoms. The lowest BCUT2D eigenvalue weighted by Crippen LogP contribution is -2.31. The van der Waals surface area contributed by atoms with E-state index in [0.717, 1.165) is 11.4 Å². The van der Waals surface area contributed by atoms with Crippen molar-refractivity contribution in [1.82, 2.24) is 29.4 Å². The molecule has 2 unspecified atom stereocenters. The van der Waals surface area contributed by atoms with E-state index in [9.17, 15) is 13.2 Å². The number of alkyl halides is 3. The number of rotatable bonds is 6. The molecule has 0 spiro atoms. The summed E-state index contributed by atoms with van der Waals surface area (Å²) in [5, 5.41) is 8.03. The molecule has 3 rings (SSSR count). The Morgan fingerprint density at radius 3 is 2.70 bits per heavy atom. The highest BCUT2D eigenvalue weighted by molar-refractivity contribution is 5.73. The fraction of sp³-hybridized carbons (Fsp3) is 0.467. The Morgan fingerprint density at radius 1 is 1.30 bits per heavy atom. The van der Waals surface area contributed by atoms with Gasteiger partial charge in [-0.2, -0.15) is 27.8 Å². The molecule has 0 bridgehead atoms. The summed E-state index contributed by atoms with van der Waals surface area (Å²) in [5.74, 6) is -0.297. The summed E-state index contributed by atoms with van der Waals surface area (Å²) in [6, 6.07) is 0. The van der Waals surface area contributed by atoms with E-state index < -0.39 is 12.3 Å². The molecule has 3 heterocycles. The zero-order valence-corrected chi connectivity index (χ0v) is 14.8. The van der Waals surface area contributed by atoms with Gasteiger partial charge in [-0.05, 0) is 20.8 Å². The van der Waals surface area contributed by atoms with Crippen molar-refractivity contribution in [2.45, 2.75) is 39.3 Å². The summed E-state index contributed by atoms with van der Waals surface area (Å²) in [5.41, 5.74) is 6.17. The number of aromatic nitrogens is 6. The molecule has 0 radical (unpaired) electrons. The first-order chi connectivity index (χ1) is 12.7. The van der Waals surface area contributed by atoms with Crippen molar-refractivity contribution in [3.8, 4) is 17.0 Å². The summed E-state index contributed by atoms with van der Waals surface area (Å²) in [7, 11) is 0. The normalized spacial score (nSPS) is 14.4. The predicted molar refractivity (Wildman–Crippen MR) is 88.9 cm³/mol. The molecule has 9 nitrogen and oxygen atoms in total. The topological polar surface area (TPSA) is 105 Å². The van der Waals surface area contributed by atoms with Gasteiger partial charge in [-0.25, -0.2) is 9.67 Å². The fourth-order valence-electron chi connectivity index (χ4n) is 2.39. The molecule has 2 N–H and O–H groups in total. The smallest absolute Gasteiger partial charge is 0.425 e. The predicted octanol–water partition coefficient (Wildman–Crippen LogP) is 2.45. The van der Waals surface area contributed by atoms with Gasteiger partial charge in [0.05, 0.1) is 6.20 Å². The van der Waals surface area contributed by atoms with Crippen molar-refractivity contribution in [2.24, 2.45) is 0 Å².